The van der Waals surface area contributed by atoms with Crippen LogP contribution in [-0.4, -0.2) is 30.9 Å². The van der Waals surface area contributed by atoms with E-state index >= 15 is 0 Å². The molecule has 1 N–H and O–H groups in total. The van der Waals surface area contributed by atoms with Crippen LogP contribution in [0.15, 0.2) is 53.6 Å². The van der Waals surface area contributed by atoms with Crippen LogP contribution >= 0.6 is 11.8 Å². The number of ether oxygens (including phenoxy) is 2. The highest BCUT2D eigenvalue weighted by Gasteiger charge is 2.12. The molecule has 2 aromatic carbocycles. The number of thioether (sulfide) groups is 1. The van der Waals surface area contributed by atoms with Gasteiger partial charge >= 0.3 is 0 Å². The van der Waals surface area contributed by atoms with E-state index < -0.39 is 0 Å². The summed E-state index contributed by atoms with van der Waals surface area (Å²) in [4.78, 5) is 17.1. The van der Waals surface area contributed by atoms with E-state index in [-0.39, 0.29) is 11.7 Å². The SMILES string of the molecule is CCc1cc2ccccc2nc1SCC(=O)Nc1ccc(OC)cc1OC. The fourth-order valence-electron chi connectivity index (χ4n) is 2.74. The van der Waals surface area contributed by atoms with Gasteiger partial charge in [0.05, 0.1) is 31.2 Å². The second-order valence-electron chi connectivity index (χ2n) is 5.90. The first-order valence-corrected chi connectivity index (χ1v) is 9.66. The highest BCUT2D eigenvalue weighted by atomic mass is 32.2. The maximum absolute atomic E-state index is 12.4. The van der Waals surface area contributed by atoms with E-state index in [1.165, 1.54) is 11.8 Å². The van der Waals surface area contributed by atoms with Crippen molar-refractivity contribution in [3.8, 4) is 11.5 Å². The van der Waals surface area contributed by atoms with Crippen LogP contribution in [0, 0.1) is 0 Å². The second-order valence-corrected chi connectivity index (χ2v) is 6.87. The molecule has 5 nitrogen and oxygen atoms in total. The summed E-state index contributed by atoms with van der Waals surface area (Å²) in [6.07, 6.45) is 0.869. The molecule has 0 saturated carbocycles. The third-order valence-corrected chi connectivity index (χ3v) is 5.20. The van der Waals surface area contributed by atoms with Crippen LogP contribution in [0.3, 0.4) is 0 Å². The van der Waals surface area contributed by atoms with Gasteiger partial charge < -0.3 is 14.8 Å². The fourth-order valence-corrected chi connectivity index (χ4v) is 3.63. The van der Waals surface area contributed by atoms with E-state index in [0.717, 1.165) is 27.9 Å². The number of amides is 1. The van der Waals surface area contributed by atoms with Crippen molar-refractivity contribution in [2.75, 3.05) is 25.3 Å². The van der Waals surface area contributed by atoms with E-state index in [2.05, 4.69) is 24.4 Å². The lowest BCUT2D eigenvalue weighted by molar-refractivity contribution is -0.113. The summed E-state index contributed by atoms with van der Waals surface area (Å²) in [5.41, 5.74) is 2.70. The molecule has 0 atom stereocenters. The zero-order chi connectivity index (χ0) is 19.2. The number of nitrogens with one attached hydrogen (secondary N) is 1. The quantitative estimate of drug-likeness (QED) is 0.608. The van der Waals surface area contributed by atoms with Crippen molar-refractivity contribution in [3.05, 3.63) is 54.1 Å². The first-order valence-electron chi connectivity index (χ1n) is 8.68. The van der Waals surface area contributed by atoms with E-state index in [9.17, 15) is 4.79 Å². The number of carbonyl (C=O) groups is 1. The largest absolute Gasteiger partial charge is 0.497 e. The summed E-state index contributed by atoms with van der Waals surface area (Å²) < 4.78 is 10.5. The Kier molecular flexibility index (Phi) is 6.19. The first kappa shape index (κ1) is 19.0. The third-order valence-electron chi connectivity index (χ3n) is 4.17. The lowest BCUT2D eigenvalue weighted by Crippen LogP contribution is -2.15. The first-order chi connectivity index (χ1) is 13.1. The van der Waals surface area contributed by atoms with Crippen LogP contribution in [0.25, 0.3) is 10.9 Å². The average molecular weight is 382 g/mol. The number of hydrogen-bond donors (Lipinski definition) is 1. The number of para-hydroxylation sites is 1. The van der Waals surface area contributed by atoms with Crippen LogP contribution in [0.2, 0.25) is 0 Å². The van der Waals surface area contributed by atoms with Crippen molar-refractivity contribution in [2.45, 2.75) is 18.4 Å². The van der Waals surface area contributed by atoms with Crippen LogP contribution < -0.4 is 14.8 Å². The highest BCUT2D eigenvalue weighted by molar-refractivity contribution is 8.00. The zero-order valence-electron chi connectivity index (χ0n) is 15.6. The molecule has 6 heteroatoms. The van der Waals surface area contributed by atoms with Gasteiger partial charge in [-0.15, -0.1) is 0 Å². The molecule has 0 radical (unpaired) electrons. The van der Waals surface area contributed by atoms with E-state index in [0.29, 0.717) is 17.2 Å². The van der Waals surface area contributed by atoms with Crippen molar-refractivity contribution in [1.29, 1.82) is 0 Å². The van der Waals surface area contributed by atoms with Gasteiger partial charge in [-0.25, -0.2) is 4.98 Å². The van der Waals surface area contributed by atoms with Gasteiger partial charge in [-0.2, -0.15) is 0 Å². The molecule has 3 rings (SSSR count). The molecule has 140 valence electrons. The number of nitrogens with zero attached hydrogens (tertiary/aromatic N) is 1. The Bertz CT molecular complexity index is 959. The molecule has 0 fully saturated rings. The molecule has 0 spiro atoms. The average Bonchev–Trinajstić information content (AvgIpc) is 2.71. The van der Waals surface area contributed by atoms with Crippen LogP contribution in [0.1, 0.15) is 12.5 Å². The minimum absolute atomic E-state index is 0.111. The molecule has 0 aliphatic carbocycles. The lowest BCUT2D eigenvalue weighted by atomic mass is 10.1. The Morgan fingerprint density at radius 2 is 1.93 bits per heavy atom. The number of rotatable bonds is 7. The summed E-state index contributed by atoms with van der Waals surface area (Å²) in [7, 11) is 3.15. The van der Waals surface area contributed by atoms with E-state index in [1.54, 1.807) is 32.4 Å². The number of aromatic nitrogens is 1. The second kappa shape index (κ2) is 8.77. The summed E-state index contributed by atoms with van der Waals surface area (Å²) in [5.74, 6) is 1.39. The molecule has 0 aliphatic heterocycles. The molecule has 1 heterocycles. The minimum Gasteiger partial charge on any atom is -0.497 e. The number of anilines is 1. The maximum Gasteiger partial charge on any atom is 0.234 e. The smallest absolute Gasteiger partial charge is 0.234 e. The molecule has 0 bridgehead atoms. The fraction of sp³-hybridized carbons (Fsp3) is 0.238. The molecule has 3 aromatic rings. The van der Waals surface area contributed by atoms with Crippen LogP contribution in [0.4, 0.5) is 5.69 Å². The monoisotopic (exact) mass is 382 g/mol. The number of carbonyl (C=O) groups excluding carboxylic acids is 1. The third kappa shape index (κ3) is 4.52. The number of benzene rings is 2. The zero-order valence-corrected chi connectivity index (χ0v) is 16.4. The summed E-state index contributed by atoms with van der Waals surface area (Å²) in [6.45, 7) is 2.10. The van der Waals surface area contributed by atoms with E-state index in [1.807, 2.05) is 18.2 Å². The Hall–Kier alpha value is -2.73. The summed E-state index contributed by atoms with van der Waals surface area (Å²) >= 11 is 1.45. The molecule has 1 aromatic heterocycles. The normalized spacial score (nSPS) is 10.6. The number of hydrogen-bond acceptors (Lipinski definition) is 5. The van der Waals surface area contributed by atoms with Gasteiger partial charge in [-0.05, 0) is 36.2 Å². The van der Waals surface area contributed by atoms with Crippen molar-refractivity contribution in [2.24, 2.45) is 0 Å². The lowest BCUT2D eigenvalue weighted by Gasteiger charge is -2.12. The van der Waals surface area contributed by atoms with E-state index in [4.69, 9.17) is 14.5 Å². The predicted octanol–water partition coefficient (Wildman–Crippen LogP) is 4.55. The van der Waals surface area contributed by atoms with Gasteiger partial charge in [-0.3, -0.25) is 4.79 Å². The molecular weight excluding hydrogens is 360 g/mol. The van der Waals surface area contributed by atoms with Crippen LogP contribution in [0.5, 0.6) is 11.5 Å². The summed E-state index contributed by atoms with van der Waals surface area (Å²) in [5, 5.41) is 4.90. The van der Waals surface area contributed by atoms with Gasteiger partial charge in [0.15, 0.2) is 0 Å². The molecule has 0 unspecified atom stereocenters. The number of fused-ring (bicyclic) bond motifs is 1. The molecule has 0 aliphatic rings. The van der Waals surface area contributed by atoms with Crippen molar-refractivity contribution >= 4 is 34.3 Å². The number of pyridine rings is 1. The Labute approximate surface area is 163 Å². The molecule has 27 heavy (non-hydrogen) atoms. The summed E-state index contributed by atoms with van der Waals surface area (Å²) in [6, 6.07) is 15.5. The van der Waals surface area contributed by atoms with Gasteiger partial charge in [-0.1, -0.05) is 36.9 Å². The van der Waals surface area contributed by atoms with Crippen molar-refractivity contribution < 1.29 is 14.3 Å². The molecule has 0 saturated heterocycles. The molecular formula is C21H22N2O3S. The van der Waals surface area contributed by atoms with Gasteiger partial charge in [0.25, 0.3) is 0 Å². The van der Waals surface area contributed by atoms with Gasteiger partial charge in [0.1, 0.15) is 16.5 Å². The predicted molar refractivity (Wildman–Crippen MR) is 110 cm³/mol. The topological polar surface area (TPSA) is 60.5 Å². The minimum atomic E-state index is -0.111. The standard InChI is InChI=1S/C21H22N2O3S/c1-4-14-11-15-7-5-6-8-17(15)23-21(14)27-13-20(24)22-18-10-9-16(25-2)12-19(18)26-3/h5-12H,4,13H2,1-3H3,(H,22,24). The van der Waals surface area contributed by atoms with Gasteiger partial charge in [0, 0.05) is 11.5 Å². The van der Waals surface area contributed by atoms with Crippen molar-refractivity contribution in [1.82, 2.24) is 4.98 Å². The number of aryl methyl sites for hydroxylation is 1. The van der Waals surface area contributed by atoms with Gasteiger partial charge in [0.2, 0.25) is 5.91 Å². The molecule has 1 amide bonds. The number of methoxy groups -OCH3 is 2. The maximum atomic E-state index is 12.4. The Balaban J connectivity index is 1.71. The Morgan fingerprint density at radius 1 is 1.11 bits per heavy atom. The Morgan fingerprint density at radius 3 is 2.67 bits per heavy atom. The van der Waals surface area contributed by atoms with Crippen molar-refractivity contribution in [3.63, 3.8) is 0 Å². The highest BCUT2D eigenvalue weighted by Crippen LogP contribution is 2.30. The van der Waals surface area contributed by atoms with Crippen LogP contribution in [-0.2, 0) is 11.2 Å².